The van der Waals surface area contributed by atoms with Crippen LogP contribution >= 0.6 is 0 Å². The van der Waals surface area contributed by atoms with Crippen molar-refractivity contribution in [1.82, 2.24) is 0 Å². The zero-order valence-corrected chi connectivity index (χ0v) is 8.02. The van der Waals surface area contributed by atoms with E-state index in [0.717, 1.165) is 12.1 Å². The van der Waals surface area contributed by atoms with E-state index in [0.29, 0.717) is 17.3 Å². The number of hydrogen-bond acceptors (Lipinski definition) is 2. The largest absolute Gasteiger partial charge is 0.372 e. The van der Waals surface area contributed by atoms with E-state index in [1.165, 1.54) is 6.07 Å². The molecule has 2 rings (SSSR count). The Bertz CT molecular complexity index is 377. The topological polar surface area (TPSA) is 29.6 Å². The van der Waals surface area contributed by atoms with Gasteiger partial charge in [0.25, 0.3) is 0 Å². The van der Waals surface area contributed by atoms with Gasteiger partial charge in [-0.2, -0.15) is 0 Å². The summed E-state index contributed by atoms with van der Waals surface area (Å²) in [7, 11) is -1.30. The van der Waals surface area contributed by atoms with Gasteiger partial charge in [-0.3, -0.25) is 4.21 Å². The lowest BCUT2D eigenvalue weighted by Gasteiger charge is -2.00. The minimum absolute atomic E-state index is 0.0175. The Hall–Kier alpha value is -0.810. The average Bonchev–Trinajstić information content (AvgIpc) is 2.93. The van der Waals surface area contributed by atoms with E-state index in [2.05, 4.69) is 0 Å². The molecule has 76 valence electrons. The van der Waals surface area contributed by atoms with E-state index >= 15 is 0 Å². The van der Waals surface area contributed by atoms with Crippen molar-refractivity contribution in [3.8, 4) is 0 Å². The predicted molar refractivity (Wildman–Crippen MR) is 47.4 cm³/mol. The average molecular weight is 218 g/mol. The first-order valence-corrected chi connectivity index (χ1v) is 5.44. The van der Waals surface area contributed by atoms with Crippen LogP contribution in [0.15, 0.2) is 23.1 Å². The second kappa shape index (κ2) is 3.74. The SMILES string of the molecule is O=S(C[C@H]1CO1)c1ccc(F)c(F)c1. The van der Waals surface area contributed by atoms with Gasteiger partial charge in [-0.05, 0) is 18.2 Å². The molecule has 0 spiro atoms. The van der Waals surface area contributed by atoms with Crippen LogP contribution in [0.25, 0.3) is 0 Å². The Balaban J connectivity index is 2.14. The van der Waals surface area contributed by atoms with E-state index in [-0.39, 0.29) is 6.10 Å². The molecule has 0 aliphatic carbocycles. The van der Waals surface area contributed by atoms with Gasteiger partial charge in [0.05, 0.1) is 29.3 Å². The van der Waals surface area contributed by atoms with Gasteiger partial charge in [0, 0.05) is 4.90 Å². The maximum Gasteiger partial charge on any atom is 0.160 e. The number of rotatable bonds is 3. The monoisotopic (exact) mass is 218 g/mol. The highest BCUT2D eigenvalue weighted by Crippen LogP contribution is 2.17. The fraction of sp³-hybridized carbons (Fsp3) is 0.333. The molecule has 1 saturated heterocycles. The first-order chi connectivity index (χ1) is 6.66. The first-order valence-electron chi connectivity index (χ1n) is 4.12. The third-order valence-corrected chi connectivity index (χ3v) is 3.35. The molecule has 1 unspecified atom stereocenters. The van der Waals surface area contributed by atoms with Crippen LogP contribution in [-0.4, -0.2) is 22.7 Å². The van der Waals surface area contributed by atoms with Gasteiger partial charge in [0.15, 0.2) is 11.6 Å². The van der Waals surface area contributed by atoms with Crippen molar-refractivity contribution in [3.63, 3.8) is 0 Å². The van der Waals surface area contributed by atoms with E-state index in [9.17, 15) is 13.0 Å². The third kappa shape index (κ3) is 2.16. The maximum atomic E-state index is 12.8. The highest BCUT2D eigenvalue weighted by molar-refractivity contribution is 7.85. The Kier molecular flexibility index (Phi) is 2.60. The summed E-state index contributed by atoms with van der Waals surface area (Å²) in [5, 5.41) is 0. The lowest BCUT2D eigenvalue weighted by Crippen LogP contribution is -2.04. The summed E-state index contributed by atoms with van der Waals surface area (Å²) >= 11 is 0. The molecule has 5 heteroatoms. The minimum Gasteiger partial charge on any atom is -0.372 e. The fourth-order valence-corrected chi connectivity index (χ4v) is 2.23. The van der Waals surface area contributed by atoms with Gasteiger partial charge in [0.2, 0.25) is 0 Å². The van der Waals surface area contributed by atoms with Crippen molar-refractivity contribution < 1.29 is 17.7 Å². The number of benzene rings is 1. The highest BCUT2D eigenvalue weighted by Gasteiger charge is 2.25. The number of hydrogen-bond donors (Lipinski definition) is 0. The van der Waals surface area contributed by atoms with Crippen LogP contribution < -0.4 is 0 Å². The normalized spacial score (nSPS) is 22.0. The molecular weight excluding hydrogens is 210 g/mol. The Morgan fingerprint density at radius 2 is 2.14 bits per heavy atom. The third-order valence-electron chi connectivity index (χ3n) is 1.89. The number of epoxide rings is 1. The van der Waals surface area contributed by atoms with Crippen molar-refractivity contribution in [3.05, 3.63) is 29.8 Å². The molecule has 0 saturated carbocycles. The molecule has 0 N–H and O–H groups in total. The summed E-state index contributed by atoms with van der Waals surface area (Å²) in [6, 6.07) is 3.28. The molecule has 1 fully saturated rings. The summed E-state index contributed by atoms with van der Waals surface area (Å²) in [6.45, 7) is 0.607. The molecule has 0 radical (unpaired) electrons. The fourth-order valence-electron chi connectivity index (χ4n) is 1.05. The predicted octanol–water partition coefficient (Wildman–Crippen LogP) is 1.47. The zero-order chi connectivity index (χ0) is 10.1. The number of halogens is 2. The van der Waals surface area contributed by atoms with Crippen LogP contribution in [0.5, 0.6) is 0 Å². The molecule has 0 aromatic heterocycles. The van der Waals surface area contributed by atoms with Crippen molar-refractivity contribution in [2.45, 2.75) is 11.0 Å². The summed E-state index contributed by atoms with van der Waals surface area (Å²) in [6.07, 6.45) is 0.0175. The lowest BCUT2D eigenvalue weighted by molar-refractivity contribution is 0.424. The lowest BCUT2D eigenvalue weighted by atomic mass is 10.3. The maximum absolute atomic E-state index is 12.8. The summed E-state index contributed by atoms with van der Waals surface area (Å²) in [4.78, 5) is 0.305. The van der Waals surface area contributed by atoms with Gasteiger partial charge in [-0.25, -0.2) is 8.78 Å². The van der Waals surface area contributed by atoms with E-state index in [1.807, 2.05) is 0 Å². The Labute approximate surface area is 82.3 Å². The molecule has 1 aromatic carbocycles. The van der Waals surface area contributed by atoms with Gasteiger partial charge < -0.3 is 4.74 Å². The molecule has 1 aromatic rings. The van der Waals surface area contributed by atoms with E-state index in [4.69, 9.17) is 4.74 Å². The molecule has 14 heavy (non-hydrogen) atoms. The summed E-state index contributed by atoms with van der Waals surface area (Å²) in [5.41, 5.74) is 0. The van der Waals surface area contributed by atoms with Gasteiger partial charge in [0.1, 0.15) is 0 Å². The quantitative estimate of drug-likeness (QED) is 0.719. The standard InChI is InChI=1S/C9H8F2O2S/c10-8-2-1-7(3-9(8)11)14(12)5-6-4-13-6/h1-3,6H,4-5H2/t6-,14?/m1/s1. The molecule has 1 aliphatic rings. The molecular formula is C9H8F2O2S. The van der Waals surface area contributed by atoms with Crippen LogP contribution in [0.4, 0.5) is 8.78 Å². The highest BCUT2D eigenvalue weighted by atomic mass is 32.2. The second-order valence-corrected chi connectivity index (χ2v) is 4.54. The summed E-state index contributed by atoms with van der Waals surface area (Å²) in [5.74, 6) is -1.54. The van der Waals surface area contributed by atoms with Crippen LogP contribution in [0.1, 0.15) is 0 Å². The van der Waals surface area contributed by atoms with Crippen LogP contribution in [0, 0.1) is 11.6 Å². The van der Waals surface area contributed by atoms with Gasteiger partial charge >= 0.3 is 0 Å². The molecule has 1 heterocycles. The minimum atomic E-state index is -1.30. The Morgan fingerprint density at radius 3 is 2.71 bits per heavy atom. The van der Waals surface area contributed by atoms with E-state index in [1.54, 1.807) is 0 Å². The van der Waals surface area contributed by atoms with Crippen LogP contribution in [0.2, 0.25) is 0 Å². The van der Waals surface area contributed by atoms with Crippen LogP contribution in [-0.2, 0) is 15.5 Å². The van der Waals surface area contributed by atoms with Crippen molar-refractivity contribution in [2.24, 2.45) is 0 Å². The van der Waals surface area contributed by atoms with E-state index < -0.39 is 22.4 Å². The van der Waals surface area contributed by atoms with Crippen molar-refractivity contribution in [1.29, 1.82) is 0 Å². The summed E-state index contributed by atoms with van der Waals surface area (Å²) < 4.78 is 41.7. The van der Waals surface area contributed by atoms with Gasteiger partial charge in [-0.1, -0.05) is 0 Å². The first kappa shape index (κ1) is 9.73. The molecule has 2 nitrogen and oxygen atoms in total. The van der Waals surface area contributed by atoms with Gasteiger partial charge in [-0.15, -0.1) is 0 Å². The van der Waals surface area contributed by atoms with Crippen molar-refractivity contribution >= 4 is 10.8 Å². The van der Waals surface area contributed by atoms with Crippen molar-refractivity contribution in [2.75, 3.05) is 12.4 Å². The smallest absolute Gasteiger partial charge is 0.160 e. The second-order valence-electron chi connectivity index (χ2n) is 3.04. The molecule has 2 atom stereocenters. The molecule has 1 aliphatic heterocycles. The number of ether oxygens (including phenoxy) is 1. The molecule has 0 amide bonds. The van der Waals surface area contributed by atoms with Crippen LogP contribution in [0.3, 0.4) is 0 Å². The Morgan fingerprint density at radius 1 is 1.43 bits per heavy atom. The molecule has 0 bridgehead atoms. The zero-order valence-electron chi connectivity index (χ0n) is 7.20.